The molecule has 14 heavy (non-hydrogen) atoms. The summed E-state index contributed by atoms with van der Waals surface area (Å²) in [5.74, 6) is 1.30. The maximum atomic E-state index is 5.63. The molecule has 1 aromatic heterocycles. The van der Waals surface area contributed by atoms with Crippen molar-refractivity contribution in [2.75, 3.05) is 0 Å². The van der Waals surface area contributed by atoms with Crippen molar-refractivity contribution in [2.45, 2.75) is 19.9 Å². The predicted octanol–water partition coefficient (Wildman–Crippen LogP) is 1.59. The zero-order chi connectivity index (χ0) is 10.3. The van der Waals surface area contributed by atoms with Crippen molar-refractivity contribution in [1.29, 1.82) is 0 Å². The average Bonchev–Trinajstić information content (AvgIpc) is 2.47. The van der Waals surface area contributed by atoms with Crippen LogP contribution in [0.15, 0.2) is 23.8 Å². The molecule has 74 valence electrons. The Bertz CT molecular complexity index is 412. The van der Waals surface area contributed by atoms with Crippen molar-refractivity contribution in [3.63, 3.8) is 0 Å². The van der Waals surface area contributed by atoms with Crippen LogP contribution in [0.1, 0.15) is 25.5 Å². The van der Waals surface area contributed by atoms with Gasteiger partial charge in [0.2, 0.25) is 0 Å². The molecule has 0 aliphatic carbocycles. The Morgan fingerprint density at radius 2 is 2.29 bits per heavy atom. The molecule has 1 aliphatic rings. The molecule has 0 spiro atoms. The summed E-state index contributed by atoms with van der Waals surface area (Å²) in [6, 6.07) is 2.38. The quantitative estimate of drug-likeness (QED) is 0.706. The first kappa shape index (κ1) is 8.87. The van der Waals surface area contributed by atoms with Gasteiger partial charge >= 0.3 is 0 Å². The SMILES string of the molecule is C=C1NC(N)=Nc2c1ccn2C(C)C. The van der Waals surface area contributed by atoms with E-state index in [1.54, 1.807) is 0 Å². The van der Waals surface area contributed by atoms with E-state index in [0.717, 1.165) is 17.1 Å². The second kappa shape index (κ2) is 2.90. The second-order valence-corrected chi connectivity index (χ2v) is 3.65. The van der Waals surface area contributed by atoms with Gasteiger partial charge in [0.25, 0.3) is 0 Å². The fourth-order valence-corrected chi connectivity index (χ4v) is 1.57. The van der Waals surface area contributed by atoms with Crippen LogP contribution < -0.4 is 11.1 Å². The third-order valence-corrected chi connectivity index (χ3v) is 2.27. The first-order valence-corrected chi connectivity index (χ1v) is 4.61. The van der Waals surface area contributed by atoms with Crippen molar-refractivity contribution < 1.29 is 0 Å². The monoisotopic (exact) mass is 190 g/mol. The zero-order valence-electron chi connectivity index (χ0n) is 8.41. The number of rotatable bonds is 1. The number of guanidine groups is 1. The number of nitrogens with two attached hydrogens (primary N) is 1. The standard InChI is InChI=1S/C10H14N4/c1-6(2)14-5-4-8-7(3)12-10(11)13-9(8)14/h4-6H,3H2,1-2H3,(H3,11,12,13). The van der Waals surface area contributed by atoms with Crippen LogP contribution in [0.3, 0.4) is 0 Å². The van der Waals surface area contributed by atoms with E-state index in [9.17, 15) is 0 Å². The van der Waals surface area contributed by atoms with Crippen LogP contribution in [0.5, 0.6) is 0 Å². The Labute approximate surface area is 83.1 Å². The third kappa shape index (κ3) is 1.19. The largest absolute Gasteiger partial charge is 0.369 e. The van der Waals surface area contributed by atoms with Crippen molar-refractivity contribution in [3.05, 3.63) is 24.4 Å². The molecule has 0 saturated heterocycles. The van der Waals surface area contributed by atoms with E-state index in [2.05, 4.69) is 35.3 Å². The number of aromatic nitrogens is 1. The van der Waals surface area contributed by atoms with Gasteiger partial charge in [-0.3, -0.25) is 0 Å². The van der Waals surface area contributed by atoms with Gasteiger partial charge in [0.1, 0.15) is 5.82 Å². The molecule has 0 bridgehead atoms. The van der Waals surface area contributed by atoms with Crippen LogP contribution in [0.25, 0.3) is 5.70 Å². The topological polar surface area (TPSA) is 55.3 Å². The number of hydrogen-bond acceptors (Lipinski definition) is 3. The predicted molar refractivity (Wildman–Crippen MR) is 58.3 cm³/mol. The number of aliphatic imine (C=N–C) groups is 1. The van der Waals surface area contributed by atoms with Crippen molar-refractivity contribution in [1.82, 2.24) is 9.88 Å². The van der Waals surface area contributed by atoms with Crippen LogP contribution in [0.2, 0.25) is 0 Å². The van der Waals surface area contributed by atoms with E-state index < -0.39 is 0 Å². The second-order valence-electron chi connectivity index (χ2n) is 3.65. The van der Waals surface area contributed by atoms with Crippen LogP contribution in [0, 0.1) is 0 Å². The number of nitrogens with one attached hydrogen (secondary N) is 1. The molecule has 1 aromatic rings. The Balaban J connectivity index is 2.58. The normalized spacial score (nSPS) is 15.1. The average molecular weight is 190 g/mol. The zero-order valence-corrected chi connectivity index (χ0v) is 8.41. The molecule has 0 radical (unpaired) electrons. The molecule has 0 saturated carbocycles. The molecule has 1 aliphatic heterocycles. The van der Waals surface area contributed by atoms with Gasteiger partial charge in [0.15, 0.2) is 5.96 Å². The molecule has 2 rings (SSSR count). The first-order valence-electron chi connectivity index (χ1n) is 4.61. The summed E-state index contributed by atoms with van der Waals surface area (Å²) in [6.45, 7) is 8.11. The minimum absolute atomic E-state index is 0.376. The molecular weight excluding hydrogens is 176 g/mol. The van der Waals surface area contributed by atoms with Crippen LogP contribution in [-0.4, -0.2) is 10.5 Å². The third-order valence-electron chi connectivity index (χ3n) is 2.27. The molecule has 4 nitrogen and oxygen atoms in total. The number of fused-ring (bicyclic) bond motifs is 1. The molecule has 0 fully saturated rings. The van der Waals surface area contributed by atoms with Gasteiger partial charge in [0, 0.05) is 23.5 Å². The van der Waals surface area contributed by atoms with E-state index in [1.165, 1.54) is 0 Å². The van der Waals surface area contributed by atoms with E-state index >= 15 is 0 Å². The molecule has 3 N–H and O–H groups in total. The van der Waals surface area contributed by atoms with Gasteiger partial charge in [-0.25, -0.2) is 0 Å². The molecular formula is C10H14N4. The lowest BCUT2D eigenvalue weighted by Crippen LogP contribution is -2.31. The van der Waals surface area contributed by atoms with Gasteiger partial charge in [0.05, 0.1) is 0 Å². The van der Waals surface area contributed by atoms with Crippen molar-refractivity contribution in [3.8, 4) is 0 Å². The van der Waals surface area contributed by atoms with Gasteiger partial charge in [-0.1, -0.05) is 6.58 Å². The highest BCUT2D eigenvalue weighted by Crippen LogP contribution is 2.30. The summed E-state index contributed by atoms with van der Waals surface area (Å²) >= 11 is 0. The maximum Gasteiger partial charge on any atom is 0.199 e. The molecule has 0 aromatic carbocycles. The van der Waals surface area contributed by atoms with Crippen molar-refractivity contribution in [2.24, 2.45) is 10.7 Å². The molecule has 0 amide bonds. The lowest BCUT2D eigenvalue weighted by atomic mass is 10.2. The molecule has 0 atom stereocenters. The highest BCUT2D eigenvalue weighted by atomic mass is 15.2. The minimum atomic E-state index is 0.376. The lowest BCUT2D eigenvalue weighted by Gasteiger charge is -2.17. The van der Waals surface area contributed by atoms with Crippen LogP contribution >= 0.6 is 0 Å². The minimum Gasteiger partial charge on any atom is -0.369 e. The van der Waals surface area contributed by atoms with Gasteiger partial charge in [-0.2, -0.15) is 4.99 Å². The Morgan fingerprint density at radius 1 is 1.57 bits per heavy atom. The summed E-state index contributed by atoms with van der Waals surface area (Å²) < 4.78 is 2.08. The molecule has 2 heterocycles. The van der Waals surface area contributed by atoms with Gasteiger partial charge in [-0.15, -0.1) is 0 Å². The van der Waals surface area contributed by atoms with Crippen LogP contribution in [0.4, 0.5) is 5.82 Å². The summed E-state index contributed by atoms with van der Waals surface area (Å²) in [5.41, 5.74) is 7.47. The highest BCUT2D eigenvalue weighted by molar-refractivity contribution is 5.94. The number of hydrogen-bond donors (Lipinski definition) is 2. The van der Waals surface area contributed by atoms with E-state index in [-0.39, 0.29) is 0 Å². The summed E-state index contributed by atoms with van der Waals surface area (Å²) in [7, 11) is 0. The Morgan fingerprint density at radius 3 is 2.93 bits per heavy atom. The first-order chi connectivity index (χ1) is 6.59. The molecule has 0 unspecified atom stereocenters. The summed E-state index contributed by atoms with van der Waals surface area (Å²) in [6.07, 6.45) is 2.00. The van der Waals surface area contributed by atoms with Crippen molar-refractivity contribution >= 4 is 17.5 Å². The summed E-state index contributed by atoms with van der Waals surface area (Å²) in [4.78, 5) is 4.26. The van der Waals surface area contributed by atoms with E-state index in [4.69, 9.17) is 5.73 Å². The van der Waals surface area contributed by atoms with E-state index in [1.807, 2.05) is 12.3 Å². The van der Waals surface area contributed by atoms with E-state index in [0.29, 0.717) is 12.0 Å². The van der Waals surface area contributed by atoms with Crippen LogP contribution in [-0.2, 0) is 0 Å². The smallest absolute Gasteiger partial charge is 0.199 e. The Kier molecular flexibility index (Phi) is 1.84. The molecule has 4 heteroatoms. The highest BCUT2D eigenvalue weighted by Gasteiger charge is 2.17. The maximum absolute atomic E-state index is 5.63. The Hall–Kier alpha value is -1.71. The van der Waals surface area contributed by atoms with Gasteiger partial charge < -0.3 is 15.6 Å². The van der Waals surface area contributed by atoms with Gasteiger partial charge in [-0.05, 0) is 19.9 Å². The fourth-order valence-electron chi connectivity index (χ4n) is 1.57. The fraction of sp³-hybridized carbons (Fsp3) is 0.300. The summed E-state index contributed by atoms with van der Waals surface area (Å²) in [5, 5.41) is 2.91. The number of nitrogens with zero attached hydrogens (tertiary/aromatic N) is 2. The lowest BCUT2D eigenvalue weighted by molar-refractivity contribution is 0.607.